The van der Waals surface area contributed by atoms with Crippen molar-refractivity contribution in [2.24, 2.45) is 0 Å². The fourth-order valence-corrected chi connectivity index (χ4v) is 0.771. The smallest absolute Gasteiger partial charge is 0.182 e. The van der Waals surface area contributed by atoms with Gasteiger partial charge in [0.15, 0.2) is 5.65 Å². The van der Waals surface area contributed by atoms with Gasteiger partial charge < -0.3 is 0 Å². The van der Waals surface area contributed by atoms with Gasteiger partial charge in [0.1, 0.15) is 0 Å². The first-order chi connectivity index (χ1) is 4.97. The Kier molecular flexibility index (Phi) is 1.07. The monoisotopic (exact) mass is 130 g/mol. The zero-order valence-corrected chi connectivity index (χ0v) is 5.15. The van der Waals surface area contributed by atoms with Crippen molar-refractivity contribution >= 4 is 11.0 Å². The molecule has 10 heavy (non-hydrogen) atoms. The van der Waals surface area contributed by atoms with Crippen molar-refractivity contribution in [1.82, 2.24) is 15.2 Å². The van der Waals surface area contributed by atoms with E-state index in [0.717, 1.165) is 5.39 Å². The number of nitrogens with zero attached hydrogens (tertiary/aromatic N) is 3. The summed E-state index contributed by atoms with van der Waals surface area (Å²) < 4.78 is 0. The molecule has 0 amide bonds. The molecule has 3 nitrogen and oxygen atoms in total. The average Bonchev–Trinajstić information content (AvgIpc) is 2.05. The summed E-state index contributed by atoms with van der Waals surface area (Å²) in [6.45, 7) is 0. The Hall–Kier alpha value is -1.51. The molecule has 0 aliphatic heterocycles. The SMILES string of the molecule is [c]1cnnc2ncccc12. The van der Waals surface area contributed by atoms with Gasteiger partial charge in [-0.15, -0.1) is 5.10 Å². The van der Waals surface area contributed by atoms with E-state index in [1.54, 1.807) is 6.20 Å². The predicted molar refractivity (Wildman–Crippen MR) is 36.2 cm³/mol. The maximum Gasteiger partial charge on any atom is 0.182 e. The first kappa shape index (κ1) is 5.29. The standard InChI is InChI=1S/C7H4N3/c1-2-6-3-5-9-10-7(6)8-4-1/h1-2,4-5H. The van der Waals surface area contributed by atoms with Crippen LogP contribution < -0.4 is 0 Å². The number of pyridine rings is 1. The molecule has 2 rings (SSSR count). The normalized spacial score (nSPS) is 10.0. The minimum atomic E-state index is 0.644. The van der Waals surface area contributed by atoms with Gasteiger partial charge in [0.2, 0.25) is 0 Å². The van der Waals surface area contributed by atoms with Gasteiger partial charge in [-0.05, 0) is 12.1 Å². The van der Waals surface area contributed by atoms with E-state index in [2.05, 4.69) is 21.2 Å². The minimum absolute atomic E-state index is 0.644. The Morgan fingerprint density at radius 2 is 2.40 bits per heavy atom. The lowest BCUT2D eigenvalue weighted by molar-refractivity contribution is 1.05. The van der Waals surface area contributed by atoms with Gasteiger partial charge in [-0.1, -0.05) is 0 Å². The Morgan fingerprint density at radius 1 is 1.40 bits per heavy atom. The van der Waals surface area contributed by atoms with Gasteiger partial charge in [-0.25, -0.2) is 4.98 Å². The highest BCUT2D eigenvalue weighted by Gasteiger charge is 1.90. The third-order valence-electron chi connectivity index (χ3n) is 1.22. The summed E-state index contributed by atoms with van der Waals surface area (Å²) in [6.07, 6.45) is 3.22. The topological polar surface area (TPSA) is 38.7 Å². The molecule has 0 aliphatic carbocycles. The minimum Gasteiger partial charge on any atom is -0.235 e. The van der Waals surface area contributed by atoms with Crippen LogP contribution >= 0.6 is 0 Å². The quantitative estimate of drug-likeness (QED) is 0.530. The lowest BCUT2D eigenvalue weighted by atomic mass is 10.3. The van der Waals surface area contributed by atoms with E-state index in [0.29, 0.717) is 5.65 Å². The highest BCUT2D eigenvalue weighted by molar-refractivity contribution is 5.71. The van der Waals surface area contributed by atoms with E-state index in [9.17, 15) is 0 Å². The molecular formula is C7H4N3. The fourth-order valence-electron chi connectivity index (χ4n) is 0.771. The predicted octanol–water partition coefficient (Wildman–Crippen LogP) is 0.825. The highest BCUT2D eigenvalue weighted by atomic mass is 15.1. The van der Waals surface area contributed by atoms with Crippen LogP contribution in [0.5, 0.6) is 0 Å². The van der Waals surface area contributed by atoms with Crippen molar-refractivity contribution in [2.75, 3.05) is 0 Å². The number of hydrogen-bond donors (Lipinski definition) is 0. The Morgan fingerprint density at radius 3 is 3.30 bits per heavy atom. The van der Waals surface area contributed by atoms with Crippen molar-refractivity contribution < 1.29 is 0 Å². The Bertz CT molecular complexity index is 280. The van der Waals surface area contributed by atoms with Gasteiger partial charge in [0.25, 0.3) is 0 Å². The Balaban J connectivity index is 2.89. The third-order valence-corrected chi connectivity index (χ3v) is 1.22. The second kappa shape index (κ2) is 2.02. The second-order valence-corrected chi connectivity index (χ2v) is 1.86. The Labute approximate surface area is 57.7 Å². The molecule has 0 aromatic carbocycles. The molecule has 3 heteroatoms. The molecule has 2 aromatic rings. The molecule has 0 saturated carbocycles. The molecule has 0 saturated heterocycles. The van der Waals surface area contributed by atoms with Crippen LogP contribution in [0.2, 0.25) is 0 Å². The molecule has 2 aromatic heterocycles. The van der Waals surface area contributed by atoms with Gasteiger partial charge in [0.05, 0.1) is 6.20 Å². The van der Waals surface area contributed by atoms with Gasteiger partial charge >= 0.3 is 0 Å². The van der Waals surface area contributed by atoms with Crippen LogP contribution in [0.4, 0.5) is 0 Å². The summed E-state index contributed by atoms with van der Waals surface area (Å²) in [5.74, 6) is 0. The maximum absolute atomic E-state index is 3.98. The lowest BCUT2D eigenvalue weighted by Gasteiger charge is -1.88. The molecule has 0 N–H and O–H groups in total. The van der Waals surface area contributed by atoms with E-state index < -0.39 is 0 Å². The summed E-state index contributed by atoms with van der Waals surface area (Å²) in [6, 6.07) is 6.66. The largest absolute Gasteiger partial charge is 0.235 e. The van der Waals surface area contributed by atoms with Crippen LogP contribution in [0.1, 0.15) is 0 Å². The number of fused-ring (bicyclic) bond motifs is 1. The maximum atomic E-state index is 3.98. The number of rotatable bonds is 0. The van der Waals surface area contributed by atoms with Crippen molar-refractivity contribution in [3.05, 3.63) is 30.6 Å². The van der Waals surface area contributed by atoms with Gasteiger partial charge in [-0.3, -0.25) is 0 Å². The van der Waals surface area contributed by atoms with Crippen LogP contribution in [0.25, 0.3) is 11.0 Å². The van der Waals surface area contributed by atoms with Crippen molar-refractivity contribution in [2.45, 2.75) is 0 Å². The molecule has 1 radical (unpaired) electrons. The third kappa shape index (κ3) is 0.719. The summed E-state index contributed by atoms with van der Waals surface area (Å²) in [4.78, 5) is 3.98. The van der Waals surface area contributed by atoms with E-state index in [1.165, 1.54) is 6.20 Å². The van der Waals surface area contributed by atoms with Gasteiger partial charge in [-0.2, -0.15) is 5.10 Å². The van der Waals surface area contributed by atoms with E-state index in [-0.39, 0.29) is 0 Å². The van der Waals surface area contributed by atoms with Crippen LogP contribution in [0.15, 0.2) is 24.5 Å². The molecular weight excluding hydrogens is 126 g/mol. The van der Waals surface area contributed by atoms with Gasteiger partial charge in [0, 0.05) is 17.6 Å². The van der Waals surface area contributed by atoms with Crippen LogP contribution in [-0.2, 0) is 0 Å². The average molecular weight is 130 g/mol. The van der Waals surface area contributed by atoms with E-state index >= 15 is 0 Å². The fraction of sp³-hybridized carbons (Fsp3) is 0. The van der Waals surface area contributed by atoms with Crippen molar-refractivity contribution in [1.29, 1.82) is 0 Å². The lowest BCUT2D eigenvalue weighted by Crippen LogP contribution is -1.84. The number of aromatic nitrogens is 3. The van der Waals surface area contributed by atoms with Crippen LogP contribution in [0.3, 0.4) is 0 Å². The zero-order valence-electron chi connectivity index (χ0n) is 5.15. The molecule has 0 aliphatic rings. The molecule has 0 atom stereocenters. The van der Waals surface area contributed by atoms with Crippen molar-refractivity contribution in [3.63, 3.8) is 0 Å². The highest BCUT2D eigenvalue weighted by Crippen LogP contribution is 2.02. The first-order valence-corrected chi connectivity index (χ1v) is 2.91. The van der Waals surface area contributed by atoms with Crippen LogP contribution in [-0.4, -0.2) is 15.2 Å². The molecule has 0 unspecified atom stereocenters. The summed E-state index contributed by atoms with van der Waals surface area (Å²) in [5.41, 5.74) is 0.644. The van der Waals surface area contributed by atoms with E-state index in [1.807, 2.05) is 12.1 Å². The van der Waals surface area contributed by atoms with E-state index in [4.69, 9.17) is 0 Å². The zero-order chi connectivity index (χ0) is 6.81. The van der Waals surface area contributed by atoms with Crippen molar-refractivity contribution in [3.8, 4) is 0 Å². The molecule has 0 fully saturated rings. The first-order valence-electron chi connectivity index (χ1n) is 2.91. The summed E-state index contributed by atoms with van der Waals surface area (Å²) in [7, 11) is 0. The molecule has 47 valence electrons. The molecule has 0 spiro atoms. The van der Waals surface area contributed by atoms with Crippen LogP contribution in [0, 0.1) is 6.07 Å². The second-order valence-electron chi connectivity index (χ2n) is 1.86. The number of hydrogen-bond acceptors (Lipinski definition) is 3. The summed E-state index contributed by atoms with van der Waals surface area (Å²) in [5, 5.41) is 8.33. The molecule has 0 bridgehead atoms. The molecule has 2 heterocycles. The summed E-state index contributed by atoms with van der Waals surface area (Å²) >= 11 is 0.